The van der Waals surface area contributed by atoms with Gasteiger partial charge in [-0.15, -0.1) is 0 Å². The molecule has 3 rings (SSSR count). The second-order valence-electron chi connectivity index (χ2n) is 5.27. The number of nitrogen functional groups attached to an aromatic ring is 1. The van der Waals surface area contributed by atoms with Gasteiger partial charge in [-0.05, 0) is 12.8 Å². The van der Waals surface area contributed by atoms with Crippen molar-refractivity contribution in [1.29, 1.82) is 0 Å². The molecule has 1 aromatic carbocycles. The number of carbonyl (C=O) groups excluding carboxylic acids is 1. The molecule has 108 valence electrons. The molecule has 1 aliphatic rings. The number of benzene rings is 1. The van der Waals surface area contributed by atoms with Crippen LogP contribution in [0.5, 0.6) is 0 Å². The highest BCUT2D eigenvalue weighted by Gasteiger charge is 2.28. The van der Waals surface area contributed by atoms with Gasteiger partial charge in [0.15, 0.2) is 11.0 Å². The Labute approximate surface area is 128 Å². The van der Waals surface area contributed by atoms with Gasteiger partial charge < -0.3 is 5.73 Å². The third-order valence-corrected chi connectivity index (χ3v) is 4.13. The number of anilines is 1. The number of hydrogen-bond donors (Lipinski definition) is 1. The molecule has 1 aromatic heterocycles. The average Bonchev–Trinajstić information content (AvgIpc) is 2.51. The minimum Gasteiger partial charge on any atom is -0.395 e. The molecule has 1 aliphatic carbocycles. The standard InChI is InChI=1S/C16H16ClN3O/c17-15-13(18)14(11-8-4-5-9-12(11)21)19-16(20-15)10-6-2-1-3-7-10/h1-3,6-7,11H,4-5,8-9,18H2. The zero-order valence-electron chi connectivity index (χ0n) is 11.6. The normalized spacial score (nSPS) is 18.7. The van der Waals surface area contributed by atoms with Gasteiger partial charge in [-0.2, -0.15) is 0 Å². The van der Waals surface area contributed by atoms with E-state index in [4.69, 9.17) is 17.3 Å². The first-order valence-electron chi connectivity index (χ1n) is 7.08. The molecule has 1 atom stereocenters. The number of carbonyl (C=O) groups is 1. The van der Waals surface area contributed by atoms with Crippen molar-refractivity contribution in [3.8, 4) is 11.4 Å². The smallest absolute Gasteiger partial charge is 0.161 e. The van der Waals surface area contributed by atoms with Crippen molar-refractivity contribution < 1.29 is 4.79 Å². The number of nitrogens with two attached hydrogens (primary N) is 1. The van der Waals surface area contributed by atoms with Crippen molar-refractivity contribution >= 4 is 23.1 Å². The van der Waals surface area contributed by atoms with Crippen LogP contribution in [0, 0.1) is 0 Å². The number of Topliss-reactive ketones (excluding diaryl/α,β-unsaturated/α-hetero) is 1. The second-order valence-corrected chi connectivity index (χ2v) is 5.63. The van der Waals surface area contributed by atoms with Crippen LogP contribution in [0.4, 0.5) is 5.69 Å². The Kier molecular flexibility index (Phi) is 3.88. The Balaban J connectivity index is 2.08. The summed E-state index contributed by atoms with van der Waals surface area (Å²) in [6.07, 6.45) is 3.33. The maximum atomic E-state index is 12.1. The minimum atomic E-state index is -0.248. The van der Waals surface area contributed by atoms with Crippen LogP contribution in [-0.4, -0.2) is 15.8 Å². The fourth-order valence-electron chi connectivity index (χ4n) is 2.71. The van der Waals surface area contributed by atoms with E-state index < -0.39 is 0 Å². The summed E-state index contributed by atoms with van der Waals surface area (Å²) in [5.74, 6) is 0.464. The van der Waals surface area contributed by atoms with Crippen LogP contribution in [-0.2, 0) is 4.79 Å². The molecule has 1 unspecified atom stereocenters. The van der Waals surface area contributed by atoms with E-state index in [0.29, 0.717) is 23.6 Å². The number of ketones is 1. The lowest BCUT2D eigenvalue weighted by Gasteiger charge is -2.21. The van der Waals surface area contributed by atoms with E-state index in [1.54, 1.807) is 0 Å². The molecule has 4 nitrogen and oxygen atoms in total. The largest absolute Gasteiger partial charge is 0.395 e. The Morgan fingerprint density at radius 3 is 2.62 bits per heavy atom. The Morgan fingerprint density at radius 1 is 1.14 bits per heavy atom. The van der Waals surface area contributed by atoms with Crippen LogP contribution in [0.15, 0.2) is 30.3 Å². The lowest BCUT2D eigenvalue weighted by atomic mass is 9.85. The number of hydrogen-bond acceptors (Lipinski definition) is 4. The van der Waals surface area contributed by atoms with Crippen LogP contribution in [0.3, 0.4) is 0 Å². The van der Waals surface area contributed by atoms with Crippen molar-refractivity contribution in [1.82, 2.24) is 9.97 Å². The van der Waals surface area contributed by atoms with Gasteiger partial charge in [0, 0.05) is 12.0 Å². The number of aromatic nitrogens is 2. The topological polar surface area (TPSA) is 68.9 Å². The van der Waals surface area contributed by atoms with Crippen LogP contribution < -0.4 is 5.73 Å². The lowest BCUT2D eigenvalue weighted by molar-refractivity contribution is -0.121. The molecule has 0 spiro atoms. The molecule has 5 heteroatoms. The quantitative estimate of drug-likeness (QED) is 0.860. The summed E-state index contributed by atoms with van der Waals surface area (Å²) >= 11 is 6.15. The van der Waals surface area contributed by atoms with Crippen LogP contribution in [0.25, 0.3) is 11.4 Å². The van der Waals surface area contributed by atoms with Crippen molar-refractivity contribution in [2.24, 2.45) is 0 Å². The SMILES string of the molecule is Nc1c(Cl)nc(-c2ccccc2)nc1C1CCCCC1=O. The maximum absolute atomic E-state index is 12.1. The van der Waals surface area contributed by atoms with Crippen molar-refractivity contribution in [2.75, 3.05) is 5.73 Å². The predicted molar refractivity (Wildman–Crippen MR) is 83.1 cm³/mol. The van der Waals surface area contributed by atoms with Crippen molar-refractivity contribution in [2.45, 2.75) is 31.6 Å². The Bertz CT molecular complexity index is 673. The van der Waals surface area contributed by atoms with Gasteiger partial charge >= 0.3 is 0 Å². The minimum absolute atomic E-state index is 0.196. The molecule has 2 aromatic rings. The van der Waals surface area contributed by atoms with Crippen molar-refractivity contribution in [3.63, 3.8) is 0 Å². The van der Waals surface area contributed by atoms with E-state index in [0.717, 1.165) is 24.8 Å². The zero-order valence-corrected chi connectivity index (χ0v) is 12.3. The van der Waals surface area contributed by atoms with E-state index in [2.05, 4.69) is 9.97 Å². The van der Waals surface area contributed by atoms with Gasteiger partial charge in [0.2, 0.25) is 0 Å². The lowest BCUT2D eigenvalue weighted by Crippen LogP contribution is -2.20. The molecule has 21 heavy (non-hydrogen) atoms. The molecule has 1 heterocycles. The van der Waals surface area contributed by atoms with E-state index >= 15 is 0 Å². The van der Waals surface area contributed by atoms with Crippen LogP contribution in [0.1, 0.15) is 37.3 Å². The molecule has 0 amide bonds. The summed E-state index contributed by atoms with van der Waals surface area (Å²) in [4.78, 5) is 20.9. The Hall–Kier alpha value is -1.94. The molecule has 0 aliphatic heterocycles. The van der Waals surface area contributed by atoms with Gasteiger partial charge in [0.1, 0.15) is 5.78 Å². The van der Waals surface area contributed by atoms with Crippen LogP contribution >= 0.6 is 11.6 Å². The summed E-state index contributed by atoms with van der Waals surface area (Å²) in [5, 5.41) is 0.220. The highest BCUT2D eigenvalue weighted by molar-refractivity contribution is 6.32. The van der Waals surface area contributed by atoms with Gasteiger partial charge in [-0.1, -0.05) is 48.4 Å². The van der Waals surface area contributed by atoms with E-state index in [-0.39, 0.29) is 16.9 Å². The van der Waals surface area contributed by atoms with Gasteiger partial charge in [0.05, 0.1) is 17.3 Å². The van der Waals surface area contributed by atoms with Crippen LogP contribution in [0.2, 0.25) is 5.15 Å². The molecule has 0 saturated heterocycles. The van der Waals surface area contributed by atoms with Gasteiger partial charge in [0.25, 0.3) is 0 Å². The first-order valence-corrected chi connectivity index (χ1v) is 7.45. The van der Waals surface area contributed by atoms with E-state index in [1.807, 2.05) is 30.3 Å². The molecule has 0 bridgehead atoms. The van der Waals surface area contributed by atoms with Gasteiger partial charge in [-0.3, -0.25) is 4.79 Å². The van der Waals surface area contributed by atoms with E-state index in [1.165, 1.54) is 0 Å². The monoisotopic (exact) mass is 301 g/mol. The third kappa shape index (κ3) is 2.76. The number of halogens is 1. The first kappa shape index (κ1) is 14.0. The molecular formula is C16H16ClN3O. The summed E-state index contributed by atoms with van der Waals surface area (Å²) in [6, 6.07) is 9.57. The second kappa shape index (κ2) is 5.82. The summed E-state index contributed by atoms with van der Waals surface area (Å²) in [7, 11) is 0. The highest BCUT2D eigenvalue weighted by atomic mass is 35.5. The zero-order chi connectivity index (χ0) is 14.8. The molecule has 0 radical (unpaired) electrons. The third-order valence-electron chi connectivity index (χ3n) is 3.85. The summed E-state index contributed by atoms with van der Waals surface area (Å²) < 4.78 is 0. The molecular weight excluding hydrogens is 286 g/mol. The summed E-state index contributed by atoms with van der Waals surface area (Å²) in [6.45, 7) is 0. The predicted octanol–water partition coefficient (Wildman–Crippen LogP) is 3.61. The fraction of sp³-hybridized carbons (Fsp3) is 0.312. The van der Waals surface area contributed by atoms with Gasteiger partial charge in [-0.25, -0.2) is 9.97 Å². The van der Waals surface area contributed by atoms with E-state index in [9.17, 15) is 4.79 Å². The molecule has 1 fully saturated rings. The average molecular weight is 302 g/mol. The Morgan fingerprint density at radius 2 is 1.90 bits per heavy atom. The van der Waals surface area contributed by atoms with Crippen molar-refractivity contribution in [3.05, 3.63) is 41.2 Å². The number of nitrogens with zero attached hydrogens (tertiary/aromatic N) is 2. The maximum Gasteiger partial charge on any atom is 0.161 e. The fourth-order valence-corrected chi connectivity index (χ4v) is 2.89. The first-order chi connectivity index (χ1) is 10.2. The summed E-state index contributed by atoms with van der Waals surface area (Å²) in [5.41, 5.74) is 7.79. The number of rotatable bonds is 2. The highest BCUT2D eigenvalue weighted by Crippen LogP contribution is 2.35. The molecule has 1 saturated carbocycles. The molecule has 2 N–H and O–H groups in total.